The number of aliphatic hydroxyl groups is 2. The fourth-order valence-electron chi connectivity index (χ4n) is 12.3. The molecule has 0 fully saturated rings. The van der Waals surface area contributed by atoms with Crippen molar-refractivity contribution >= 4 is 11.9 Å². The van der Waals surface area contributed by atoms with Crippen LogP contribution in [0.25, 0.3) is 0 Å². The van der Waals surface area contributed by atoms with Crippen molar-refractivity contribution in [2.24, 2.45) is 0 Å². The van der Waals surface area contributed by atoms with Gasteiger partial charge in [0, 0.05) is 12.8 Å². The van der Waals surface area contributed by atoms with Crippen molar-refractivity contribution in [1.82, 2.24) is 5.32 Å². The first-order valence-electron chi connectivity index (χ1n) is 38.7. The Morgan fingerprint density at radius 3 is 0.906 bits per heavy atom. The van der Waals surface area contributed by atoms with Gasteiger partial charge in [-0.3, -0.25) is 9.59 Å². The highest BCUT2D eigenvalue weighted by atomic mass is 16.5. The number of carbonyl (C=O) groups excluding carboxylic acids is 2. The molecule has 0 aromatic carbocycles. The van der Waals surface area contributed by atoms with Gasteiger partial charge in [0.15, 0.2) is 0 Å². The van der Waals surface area contributed by atoms with Crippen molar-refractivity contribution in [3.8, 4) is 0 Å². The number of ether oxygens (including phenoxy) is 1. The normalized spacial score (nSPS) is 12.7. The van der Waals surface area contributed by atoms with E-state index in [1.165, 1.54) is 347 Å². The van der Waals surface area contributed by atoms with E-state index in [1.807, 2.05) is 0 Å². The number of hydrogen-bond acceptors (Lipinski definition) is 5. The molecule has 0 aromatic rings. The summed E-state index contributed by atoms with van der Waals surface area (Å²) >= 11 is 0. The van der Waals surface area contributed by atoms with Crippen molar-refractivity contribution in [2.45, 2.75) is 443 Å². The first kappa shape index (κ1) is 83.1. The van der Waals surface area contributed by atoms with Crippen molar-refractivity contribution in [3.63, 3.8) is 0 Å². The Morgan fingerprint density at radius 2 is 0.588 bits per heavy atom. The van der Waals surface area contributed by atoms with E-state index in [0.29, 0.717) is 25.9 Å². The minimum absolute atomic E-state index is 0.00690. The Morgan fingerprint density at radius 1 is 0.329 bits per heavy atom. The van der Waals surface area contributed by atoms with Gasteiger partial charge in [-0.05, 0) is 83.5 Å². The number of hydrogen-bond donors (Lipinski definition) is 3. The van der Waals surface area contributed by atoms with Crippen LogP contribution in [0.5, 0.6) is 0 Å². The summed E-state index contributed by atoms with van der Waals surface area (Å²) in [5.41, 5.74) is 0. The lowest BCUT2D eigenvalue weighted by atomic mass is 10.0. The lowest BCUT2D eigenvalue weighted by molar-refractivity contribution is -0.143. The second kappa shape index (κ2) is 74.5. The highest BCUT2D eigenvalue weighted by Crippen LogP contribution is 2.19. The van der Waals surface area contributed by atoms with E-state index in [1.54, 1.807) is 0 Å². The van der Waals surface area contributed by atoms with Crippen molar-refractivity contribution in [3.05, 3.63) is 36.5 Å². The van der Waals surface area contributed by atoms with Gasteiger partial charge >= 0.3 is 5.97 Å². The Bertz CT molecular complexity index is 1380. The van der Waals surface area contributed by atoms with E-state index >= 15 is 0 Å². The van der Waals surface area contributed by atoms with Gasteiger partial charge in [-0.1, -0.05) is 371 Å². The zero-order chi connectivity index (χ0) is 61.3. The predicted molar refractivity (Wildman–Crippen MR) is 375 cm³/mol. The first-order valence-corrected chi connectivity index (χ1v) is 38.7. The second-order valence-corrected chi connectivity index (χ2v) is 26.7. The summed E-state index contributed by atoms with van der Waals surface area (Å²) < 4.78 is 5.49. The molecule has 2 atom stereocenters. The first-order chi connectivity index (χ1) is 42.0. The van der Waals surface area contributed by atoms with Gasteiger partial charge in [-0.2, -0.15) is 0 Å². The van der Waals surface area contributed by atoms with Crippen LogP contribution in [-0.2, 0) is 14.3 Å². The molecule has 0 aromatic heterocycles. The summed E-state index contributed by atoms with van der Waals surface area (Å²) in [6, 6.07) is -0.541. The summed E-state index contributed by atoms with van der Waals surface area (Å²) in [5, 5.41) is 23.4. The summed E-state index contributed by atoms with van der Waals surface area (Å²) in [6.07, 6.45) is 96.5. The SMILES string of the molecule is CCCCCCCC/C=C\CCCCCCCC(=O)OCCCCCCCCCCC/C=C\C/C=C\CCCCCCCCCCCCCCCCCCCC(=O)NC(CO)C(O)CCCCCCCCCCCCCCCCCCCCCC. The van der Waals surface area contributed by atoms with Gasteiger partial charge in [-0.25, -0.2) is 0 Å². The van der Waals surface area contributed by atoms with E-state index in [9.17, 15) is 19.8 Å². The van der Waals surface area contributed by atoms with Crippen LogP contribution in [-0.4, -0.2) is 47.4 Å². The monoisotopic (exact) mass is 1190 g/mol. The molecule has 6 nitrogen and oxygen atoms in total. The molecular formula is C79H151NO5. The average molecular weight is 1200 g/mol. The highest BCUT2D eigenvalue weighted by molar-refractivity contribution is 5.76. The predicted octanol–water partition coefficient (Wildman–Crippen LogP) is 25.4. The maximum absolute atomic E-state index is 12.6. The minimum atomic E-state index is -0.664. The van der Waals surface area contributed by atoms with Gasteiger partial charge < -0.3 is 20.3 Å². The Hall–Kier alpha value is -1.92. The molecule has 0 radical (unpaired) electrons. The van der Waals surface area contributed by atoms with Crippen LogP contribution in [0.1, 0.15) is 431 Å². The Labute approximate surface area is 532 Å². The van der Waals surface area contributed by atoms with Crippen LogP contribution in [0.15, 0.2) is 36.5 Å². The summed E-state index contributed by atoms with van der Waals surface area (Å²) in [6.45, 7) is 4.98. The largest absolute Gasteiger partial charge is 0.466 e. The molecule has 0 rings (SSSR count). The maximum Gasteiger partial charge on any atom is 0.305 e. The molecule has 85 heavy (non-hydrogen) atoms. The fourth-order valence-corrected chi connectivity index (χ4v) is 12.3. The molecule has 6 heteroatoms. The quantitative estimate of drug-likeness (QED) is 0.0320. The number of rotatable bonds is 73. The Balaban J connectivity index is 3.38. The van der Waals surface area contributed by atoms with Crippen molar-refractivity contribution in [1.29, 1.82) is 0 Å². The number of aliphatic hydroxyl groups excluding tert-OH is 2. The number of esters is 1. The molecule has 1 amide bonds. The van der Waals surface area contributed by atoms with Crippen LogP contribution >= 0.6 is 0 Å². The van der Waals surface area contributed by atoms with E-state index in [4.69, 9.17) is 4.74 Å². The van der Waals surface area contributed by atoms with Crippen molar-refractivity contribution < 1.29 is 24.5 Å². The van der Waals surface area contributed by atoms with E-state index < -0.39 is 12.1 Å². The Kier molecular flexibility index (Phi) is 72.9. The summed E-state index contributed by atoms with van der Waals surface area (Å²) in [4.78, 5) is 24.6. The van der Waals surface area contributed by atoms with Crippen LogP contribution in [0.2, 0.25) is 0 Å². The number of allylic oxidation sites excluding steroid dienone is 6. The van der Waals surface area contributed by atoms with Gasteiger partial charge in [0.05, 0.1) is 25.4 Å². The molecule has 0 heterocycles. The highest BCUT2D eigenvalue weighted by Gasteiger charge is 2.20. The van der Waals surface area contributed by atoms with Crippen molar-refractivity contribution in [2.75, 3.05) is 13.2 Å². The smallest absolute Gasteiger partial charge is 0.305 e. The van der Waals surface area contributed by atoms with Gasteiger partial charge in [0.2, 0.25) is 5.91 Å². The molecule has 0 saturated carbocycles. The van der Waals surface area contributed by atoms with E-state index in [2.05, 4.69) is 55.6 Å². The number of amides is 1. The molecule has 3 N–H and O–H groups in total. The second-order valence-electron chi connectivity index (χ2n) is 26.7. The molecule has 0 spiro atoms. The summed E-state index contributed by atoms with van der Waals surface area (Å²) in [5.74, 6) is -0.0217. The molecule has 2 unspecified atom stereocenters. The average Bonchev–Trinajstić information content (AvgIpc) is 3.51. The van der Waals surface area contributed by atoms with Crippen LogP contribution in [0.3, 0.4) is 0 Å². The standard InChI is InChI=1S/C79H151NO5/c1-3-5-7-9-11-13-15-17-19-20-21-37-40-44-47-51-55-59-63-67-71-77(82)76(75-81)80-78(83)72-68-64-60-56-52-48-45-41-38-35-33-31-29-27-25-23-22-24-26-28-30-32-34-36-39-42-46-50-54-58-62-66-70-74-85-79(84)73-69-65-61-57-53-49-43-18-16-14-12-10-8-6-4-2/h18,26,28,32,34,43,76-77,81-82H,3-17,19-25,27,29-31,33,35-42,44-75H2,1-2H3,(H,80,83)/b28-26-,34-32-,43-18-. The molecule has 0 aliphatic heterocycles. The third kappa shape index (κ3) is 71.0. The molecule has 0 saturated heterocycles. The molecule has 0 aliphatic rings. The zero-order valence-corrected chi connectivity index (χ0v) is 57.6. The molecular weight excluding hydrogens is 1040 g/mol. The van der Waals surface area contributed by atoms with E-state index in [-0.39, 0.29) is 18.5 Å². The molecule has 0 aliphatic carbocycles. The lowest BCUT2D eigenvalue weighted by Gasteiger charge is -2.22. The van der Waals surface area contributed by atoms with Gasteiger partial charge in [0.1, 0.15) is 0 Å². The van der Waals surface area contributed by atoms with Crippen LogP contribution in [0, 0.1) is 0 Å². The minimum Gasteiger partial charge on any atom is -0.466 e. The molecule has 0 bridgehead atoms. The van der Waals surface area contributed by atoms with Gasteiger partial charge in [0.25, 0.3) is 0 Å². The maximum atomic E-state index is 12.6. The number of unbranched alkanes of at least 4 members (excludes halogenated alkanes) is 56. The third-order valence-electron chi connectivity index (χ3n) is 18.2. The van der Waals surface area contributed by atoms with E-state index in [0.717, 1.165) is 51.4 Å². The summed E-state index contributed by atoms with van der Waals surface area (Å²) in [7, 11) is 0. The lowest BCUT2D eigenvalue weighted by Crippen LogP contribution is -2.45. The molecule has 502 valence electrons. The van der Waals surface area contributed by atoms with Gasteiger partial charge in [-0.15, -0.1) is 0 Å². The van der Waals surface area contributed by atoms with Crippen LogP contribution < -0.4 is 5.32 Å². The topological polar surface area (TPSA) is 95.9 Å². The third-order valence-corrected chi connectivity index (χ3v) is 18.2. The number of carbonyl (C=O) groups is 2. The van der Waals surface area contributed by atoms with Crippen LogP contribution in [0.4, 0.5) is 0 Å². The number of nitrogens with one attached hydrogen (secondary N) is 1. The fraction of sp³-hybridized carbons (Fsp3) is 0.899. The zero-order valence-electron chi connectivity index (χ0n) is 57.6.